The summed E-state index contributed by atoms with van der Waals surface area (Å²) in [6.45, 7) is 6.22. The SMILES string of the molecule is Cc1cc(S(=O)(=O)N2CCN(C)C(C)C2)ccc1CN. The van der Waals surface area contributed by atoms with E-state index >= 15 is 0 Å². The third-order valence-electron chi connectivity index (χ3n) is 4.09. The van der Waals surface area contributed by atoms with Gasteiger partial charge < -0.3 is 10.6 Å². The third-order valence-corrected chi connectivity index (χ3v) is 5.96. The maximum absolute atomic E-state index is 12.7. The Bertz CT molecular complexity index is 586. The first kappa shape index (κ1) is 15.4. The highest BCUT2D eigenvalue weighted by Crippen LogP contribution is 2.21. The molecule has 0 aromatic heterocycles. The predicted octanol–water partition coefficient (Wildman–Crippen LogP) is 0.778. The van der Waals surface area contributed by atoms with Gasteiger partial charge in [-0.1, -0.05) is 6.07 Å². The number of nitrogens with two attached hydrogens (primary N) is 1. The van der Waals surface area contributed by atoms with Crippen LogP contribution in [0.15, 0.2) is 23.1 Å². The minimum atomic E-state index is -3.40. The molecule has 20 heavy (non-hydrogen) atoms. The lowest BCUT2D eigenvalue weighted by Crippen LogP contribution is -2.51. The van der Waals surface area contributed by atoms with Crippen LogP contribution in [-0.4, -0.2) is 50.3 Å². The summed E-state index contributed by atoms with van der Waals surface area (Å²) in [5, 5.41) is 0. The van der Waals surface area contributed by atoms with E-state index in [-0.39, 0.29) is 6.04 Å². The molecule has 1 saturated heterocycles. The summed E-state index contributed by atoms with van der Waals surface area (Å²) in [5.41, 5.74) is 7.53. The fraction of sp³-hybridized carbons (Fsp3) is 0.571. The Morgan fingerprint density at radius 1 is 1.35 bits per heavy atom. The molecule has 5 nitrogen and oxygen atoms in total. The van der Waals surface area contributed by atoms with Gasteiger partial charge in [0.25, 0.3) is 0 Å². The summed E-state index contributed by atoms with van der Waals surface area (Å²) in [6.07, 6.45) is 0. The molecule has 1 aliphatic rings. The van der Waals surface area contributed by atoms with Gasteiger partial charge in [0.1, 0.15) is 0 Å². The summed E-state index contributed by atoms with van der Waals surface area (Å²) < 4.78 is 26.9. The van der Waals surface area contributed by atoms with Gasteiger partial charge in [0.05, 0.1) is 4.90 Å². The molecule has 6 heteroatoms. The van der Waals surface area contributed by atoms with Crippen molar-refractivity contribution in [1.82, 2.24) is 9.21 Å². The van der Waals surface area contributed by atoms with E-state index in [1.165, 1.54) is 0 Å². The van der Waals surface area contributed by atoms with Gasteiger partial charge in [-0.15, -0.1) is 0 Å². The molecule has 1 heterocycles. The second-order valence-corrected chi connectivity index (χ2v) is 7.42. The number of hydrogen-bond acceptors (Lipinski definition) is 4. The van der Waals surface area contributed by atoms with Crippen molar-refractivity contribution in [2.45, 2.75) is 31.3 Å². The van der Waals surface area contributed by atoms with Gasteiger partial charge in [-0.25, -0.2) is 8.42 Å². The Kier molecular flexibility index (Phi) is 4.49. The van der Waals surface area contributed by atoms with E-state index in [1.54, 1.807) is 16.4 Å². The monoisotopic (exact) mass is 297 g/mol. The summed E-state index contributed by atoms with van der Waals surface area (Å²) in [7, 11) is -1.38. The second-order valence-electron chi connectivity index (χ2n) is 5.49. The lowest BCUT2D eigenvalue weighted by atomic mass is 10.1. The normalized spacial score (nSPS) is 22.1. The fourth-order valence-electron chi connectivity index (χ4n) is 2.44. The number of nitrogens with zero attached hydrogens (tertiary/aromatic N) is 2. The number of aryl methyl sites for hydroxylation is 1. The Hall–Kier alpha value is -0.950. The topological polar surface area (TPSA) is 66.6 Å². The quantitative estimate of drug-likeness (QED) is 0.895. The zero-order chi connectivity index (χ0) is 14.9. The van der Waals surface area contributed by atoms with Crippen LogP contribution < -0.4 is 5.73 Å². The molecule has 1 aliphatic heterocycles. The fourth-order valence-corrected chi connectivity index (χ4v) is 4.04. The molecule has 0 aliphatic carbocycles. The first-order valence-electron chi connectivity index (χ1n) is 6.86. The summed E-state index contributed by atoms with van der Waals surface area (Å²) in [6, 6.07) is 5.43. The molecule has 1 aromatic carbocycles. The van der Waals surface area contributed by atoms with Crippen LogP contribution in [0.25, 0.3) is 0 Å². The number of rotatable bonds is 3. The van der Waals surface area contributed by atoms with Crippen molar-refractivity contribution < 1.29 is 8.42 Å². The largest absolute Gasteiger partial charge is 0.326 e. The molecule has 0 spiro atoms. The lowest BCUT2D eigenvalue weighted by molar-refractivity contribution is 0.159. The van der Waals surface area contributed by atoms with Crippen molar-refractivity contribution in [2.75, 3.05) is 26.7 Å². The van der Waals surface area contributed by atoms with Gasteiger partial charge >= 0.3 is 0 Å². The minimum absolute atomic E-state index is 0.239. The second kappa shape index (κ2) is 5.81. The van der Waals surface area contributed by atoms with Gasteiger partial charge in [-0.3, -0.25) is 0 Å². The smallest absolute Gasteiger partial charge is 0.243 e. The summed E-state index contributed by atoms with van der Waals surface area (Å²) in [4.78, 5) is 2.54. The van der Waals surface area contributed by atoms with Crippen LogP contribution in [-0.2, 0) is 16.6 Å². The minimum Gasteiger partial charge on any atom is -0.326 e. The zero-order valence-corrected chi connectivity index (χ0v) is 13.2. The Labute approximate surface area is 121 Å². The Balaban J connectivity index is 2.29. The van der Waals surface area contributed by atoms with Crippen LogP contribution in [0.1, 0.15) is 18.1 Å². The lowest BCUT2D eigenvalue weighted by Gasteiger charge is -2.36. The number of benzene rings is 1. The van der Waals surface area contributed by atoms with E-state index in [4.69, 9.17) is 5.73 Å². The van der Waals surface area contributed by atoms with Crippen molar-refractivity contribution in [3.63, 3.8) is 0 Å². The summed E-state index contributed by atoms with van der Waals surface area (Å²) in [5.74, 6) is 0. The van der Waals surface area contributed by atoms with Crippen LogP contribution in [0.3, 0.4) is 0 Å². The first-order chi connectivity index (χ1) is 9.36. The van der Waals surface area contributed by atoms with Gasteiger partial charge in [-0.2, -0.15) is 4.31 Å². The van der Waals surface area contributed by atoms with E-state index in [2.05, 4.69) is 4.90 Å². The van der Waals surface area contributed by atoms with Crippen LogP contribution in [0.4, 0.5) is 0 Å². The van der Waals surface area contributed by atoms with Crippen LogP contribution in [0.5, 0.6) is 0 Å². The molecular formula is C14H23N3O2S. The molecule has 0 amide bonds. The Morgan fingerprint density at radius 2 is 2.05 bits per heavy atom. The Morgan fingerprint density at radius 3 is 2.60 bits per heavy atom. The standard InChI is InChI=1S/C14H23N3O2S/c1-11-8-14(5-4-13(11)9-15)20(18,19)17-7-6-16(3)12(2)10-17/h4-5,8,12H,6-7,9-10,15H2,1-3H3. The number of likely N-dealkylation sites (N-methyl/N-ethyl adjacent to an activating group) is 1. The van der Waals surface area contributed by atoms with Gasteiger partial charge in [-0.05, 0) is 44.2 Å². The molecule has 112 valence electrons. The highest BCUT2D eigenvalue weighted by atomic mass is 32.2. The van der Waals surface area contributed by atoms with Crippen molar-refractivity contribution in [1.29, 1.82) is 0 Å². The van der Waals surface area contributed by atoms with Crippen molar-refractivity contribution in [3.05, 3.63) is 29.3 Å². The van der Waals surface area contributed by atoms with E-state index in [0.29, 0.717) is 24.5 Å². The van der Waals surface area contributed by atoms with Crippen molar-refractivity contribution in [2.24, 2.45) is 5.73 Å². The zero-order valence-electron chi connectivity index (χ0n) is 12.3. The van der Waals surface area contributed by atoms with E-state index in [0.717, 1.165) is 17.7 Å². The molecule has 0 bridgehead atoms. The molecule has 1 unspecified atom stereocenters. The van der Waals surface area contributed by atoms with Crippen LogP contribution >= 0.6 is 0 Å². The average molecular weight is 297 g/mol. The molecule has 2 rings (SSSR count). The van der Waals surface area contributed by atoms with Crippen molar-refractivity contribution >= 4 is 10.0 Å². The van der Waals surface area contributed by atoms with Crippen LogP contribution in [0, 0.1) is 6.92 Å². The molecule has 1 aromatic rings. The molecular weight excluding hydrogens is 274 g/mol. The number of piperazine rings is 1. The maximum atomic E-state index is 12.7. The van der Waals surface area contributed by atoms with Crippen molar-refractivity contribution in [3.8, 4) is 0 Å². The van der Waals surface area contributed by atoms with Crippen LogP contribution in [0.2, 0.25) is 0 Å². The van der Waals surface area contributed by atoms with Gasteiger partial charge in [0, 0.05) is 32.2 Å². The number of sulfonamides is 1. The molecule has 0 saturated carbocycles. The predicted molar refractivity (Wildman–Crippen MR) is 79.9 cm³/mol. The van der Waals surface area contributed by atoms with E-state index < -0.39 is 10.0 Å². The first-order valence-corrected chi connectivity index (χ1v) is 8.30. The van der Waals surface area contributed by atoms with Gasteiger partial charge in [0.2, 0.25) is 10.0 Å². The summed E-state index contributed by atoms with van der Waals surface area (Å²) >= 11 is 0. The molecule has 0 radical (unpaired) electrons. The molecule has 1 atom stereocenters. The highest BCUT2D eigenvalue weighted by molar-refractivity contribution is 7.89. The van der Waals surface area contributed by atoms with Gasteiger partial charge in [0.15, 0.2) is 0 Å². The third kappa shape index (κ3) is 2.88. The van der Waals surface area contributed by atoms with E-state index in [9.17, 15) is 8.42 Å². The molecule has 1 fully saturated rings. The highest BCUT2D eigenvalue weighted by Gasteiger charge is 2.30. The number of hydrogen-bond donors (Lipinski definition) is 1. The maximum Gasteiger partial charge on any atom is 0.243 e. The average Bonchev–Trinajstić information content (AvgIpc) is 2.41. The molecule has 2 N–H and O–H groups in total. The van der Waals surface area contributed by atoms with E-state index in [1.807, 2.05) is 27.0 Å².